The Hall–Kier alpha value is -2.00. The van der Waals surface area contributed by atoms with Crippen molar-refractivity contribution in [3.8, 4) is 0 Å². The molecule has 0 saturated carbocycles. The Balaban J connectivity index is 2.39. The third kappa shape index (κ3) is 3.13. The van der Waals surface area contributed by atoms with E-state index in [9.17, 15) is 0 Å². The number of nitrogens with one attached hydrogen (secondary N) is 2. The summed E-state index contributed by atoms with van der Waals surface area (Å²) in [5, 5.41) is 7.93. The molecule has 0 aromatic heterocycles. The van der Waals surface area contributed by atoms with Gasteiger partial charge in [0.2, 0.25) is 0 Å². The van der Waals surface area contributed by atoms with E-state index in [0.717, 1.165) is 22.4 Å². The molecule has 0 fully saturated rings. The fourth-order valence-electron chi connectivity index (χ4n) is 3.32. The lowest BCUT2D eigenvalue weighted by molar-refractivity contribution is 0.525. The van der Waals surface area contributed by atoms with Crippen LogP contribution in [-0.4, -0.2) is 14.1 Å². The van der Waals surface area contributed by atoms with E-state index in [-0.39, 0.29) is 0 Å². The number of anilines is 1. The van der Waals surface area contributed by atoms with Crippen LogP contribution in [0.4, 0.5) is 5.69 Å². The van der Waals surface area contributed by atoms with Gasteiger partial charge in [-0.05, 0) is 30.3 Å². The van der Waals surface area contributed by atoms with E-state index in [0.29, 0.717) is 10.0 Å². The molecule has 3 aromatic rings. The van der Waals surface area contributed by atoms with Gasteiger partial charge < -0.3 is 10.6 Å². The van der Waals surface area contributed by atoms with Gasteiger partial charge >= 0.3 is 0 Å². The molecule has 25 heavy (non-hydrogen) atoms. The molecule has 0 radical (unpaired) electrons. The summed E-state index contributed by atoms with van der Waals surface area (Å²) >= 11 is 13.2. The van der Waals surface area contributed by atoms with Crippen molar-refractivity contribution in [2.45, 2.75) is 5.54 Å². The van der Waals surface area contributed by atoms with Crippen LogP contribution >= 0.6 is 23.2 Å². The minimum absolute atomic E-state index is 0.615. The molecule has 0 atom stereocenters. The fraction of sp³-hybridized carbons (Fsp3) is 0.143. The van der Waals surface area contributed by atoms with E-state index in [4.69, 9.17) is 23.2 Å². The molecular formula is C21H20Cl2N2. The zero-order valence-corrected chi connectivity index (χ0v) is 15.7. The Morgan fingerprint density at radius 2 is 1.28 bits per heavy atom. The van der Waals surface area contributed by atoms with Gasteiger partial charge in [0.25, 0.3) is 0 Å². The quantitative estimate of drug-likeness (QED) is 0.575. The highest BCUT2D eigenvalue weighted by molar-refractivity contribution is 6.36. The number of rotatable bonds is 5. The second-order valence-corrected chi connectivity index (χ2v) is 6.61. The van der Waals surface area contributed by atoms with Crippen LogP contribution in [0.5, 0.6) is 0 Å². The number of halogens is 2. The van der Waals surface area contributed by atoms with Crippen LogP contribution in [0.3, 0.4) is 0 Å². The molecule has 0 spiro atoms. The second kappa shape index (κ2) is 7.49. The molecule has 0 saturated heterocycles. The topological polar surface area (TPSA) is 24.1 Å². The third-order valence-electron chi connectivity index (χ3n) is 4.50. The van der Waals surface area contributed by atoms with Crippen molar-refractivity contribution < 1.29 is 0 Å². The van der Waals surface area contributed by atoms with Crippen molar-refractivity contribution in [2.75, 3.05) is 19.4 Å². The van der Waals surface area contributed by atoms with Gasteiger partial charge in [-0.3, -0.25) is 0 Å². The van der Waals surface area contributed by atoms with E-state index >= 15 is 0 Å². The van der Waals surface area contributed by atoms with Gasteiger partial charge in [-0.25, -0.2) is 0 Å². The van der Waals surface area contributed by atoms with E-state index in [1.54, 1.807) is 0 Å². The van der Waals surface area contributed by atoms with E-state index in [1.165, 1.54) is 0 Å². The molecule has 4 heteroatoms. The van der Waals surface area contributed by atoms with Gasteiger partial charge in [0.15, 0.2) is 0 Å². The van der Waals surface area contributed by atoms with E-state index in [2.05, 4.69) is 34.9 Å². The summed E-state index contributed by atoms with van der Waals surface area (Å²) in [7, 11) is 3.78. The largest absolute Gasteiger partial charge is 0.387 e. The Labute approximate surface area is 158 Å². The predicted octanol–water partition coefficient (Wildman–Crippen LogP) is 5.55. The number of benzene rings is 3. The maximum Gasteiger partial charge on any atom is 0.0961 e. The van der Waals surface area contributed by atoms with Crippen LogP contribution in [-0.2, 0) is 5.54 Å². The first-order valence-corrected chi connectivity index (χ1v) is 8.86. The van der Waals surface area contributed by atoms with Crippen molar-refractivity contribution in [1.29, 1.82) is 0 Å². The summed E-state index contributed by atoms with van der Waals surface area (Å²) in [5.74, 6) is 0. The summed E-state index contributed by atoms with van der Waals surface area (Å²) in [6.45, 7) is 0. The zero-order chi connectivity index (χ0) is 17.9. The lowest BCUT2D eigenvalue weighted by atomic mass is 9.77. The Morgan fingerprint density at radius 3 is 1.72 bits per heavy atom. The monoisotopic (exact) mass is 370 g/mol. The molecule has 2 nitrogen and oxygen atoms in total. The van der Waals surface area contributed by atoms with Crippen molar-refractivity contribution in [3.05, 3.63) is 99.5 Å². The second-order valence-electron chi connectivity index (χ2n) is 5.80. The SMILES string of the molecule is CNc1cc(Cl)cc(C(NC)(c2ccccc2)c2ccccc2)c1Cl. The minimum Gasteiger partial charge on any atom is -0.387 e. The normalized spacial score (nSPS) is 11.4. The molecular weight excluding hydrogens is 351 g/mol. The van der Waals surface area contributed by atoms with Gasteiger partial charge in [-0.2, -0.15) is 0 Å². The fourth-order valence-corrected chi connectivity index (χ4v) is 3.88. The highest BCUT2D eigenvalue weighted by atomic mass is 35.5. The van der Waals surface area contributed by atoms with E-state index in [1.807, 2.05) is 62.6 Å². The maximum absolute atomic E-state index is 6.78. The predicted molar refractivity (Wildman–Crippen MR) is 108 cm³/mol. The molecule has 0 bridgehead atoms. The average molecular weight is 371 g/mol. The molecule has 0 heterocycles. The summed E-state index contributed by atoms with van der Waals surface area (Å²) in [4.78, 5) is 0. The van der Waals surface area contributed by atoms with E-state index < -0.39 is 5.54 Å². The van der Waals surface area contributed by atoms with Crippen LogP contribution < -0.4 is 10.6 Å². The average Bonchev–Trinajstić information content (AvgIpc) is 2.67. The lowest BCUT2D eigenvalue weighted by Crippen LogP contribution is -2.42. The first kappa shape index (κ1) is 17.8. The molecule has 2 N–H and O–H groups in total. The number of hydrogen-bond donors (Lipinski definition) is 2. The van der Waals surface area contributed by atoms with Gasteiger partial charge in [0.05, 0.1) is 16.2 Å². The molecule has 0 amide bonds. The summed E-state index contributed by atoms with van der Waals surface area (Å²) < 4.78 is 0. The van der Waals surface area contributed by atoms with Crippen LogP contribution in [0.1, 0.15) is 16.7 Å². The standard InChI is InChI=1S/C21H20Cl2N2/c1-24-19-14-17(22)13-18(20(19)23)21(25-2,15-9-5-3-6-10-15)16-11-7-4-8-12-16/h3-14,24-25H,1-2H3. The van der Waals surface area contributed by atoms with Crippen molar-refractivity contribution in [2.24, 2.45) is 0 Å². The third-order valence-corrected chi connectivity index (χ3v) is 5.12. The van der Waals surface area contributed by atoms with Crippen LogP contribution in [0, 0.1) is 0 Å². The molecule has 128 valence electrons. The Bertz CT molecular complexity index is 809. The Kier molecular flexibility index (Phi) is 5.33. The van der Waals surface area contributed by atoms with Crippen LogP contribution in [0.2, 0.25) is 10.0 Å². The van der Waals surface area contributed by atoms with Gasteiger partial charge in [0, 0.05) is 17.6 Å². The molecule has 0 unspecified atom stereocenters. The molecule has 0 aliphatic heterocycles. The molecule has 0 aliphatic rings. The summed E-state index contributed by atoms with van der Waals surface area (Å²) in [6.07, 6.45) is 0. The van der Waals surface area contributed by atoms with Crippen LogP contribution in [0.25, 0.3) is 0 Å². The first-order chi connectivity index (χ1) is 12.1. The van der Waals surface area contributed by atoms with Crippen molar-refractivity contribution in [1.82, 2.24) is 5.32 Å². The zero-order valence-electron chi connectivity index (χ0n) is 14.2. The minimum atomic E-state index is -0.615. The molecule has 3 rings (SSSR count). The highest BCUT2D eigenvalue weighted by Crippen LogP contribution is 2.43. The number of hydrogen-bond acceptors (Lipinski definition) is 2. The van der Waals surface area contributed by atoms with Crippen molar-refractivity contribution in [3.63, 3.8) is 0 Å². The first-order valence-electron chi connectivity index (χ1n) is 8.10. The highest BCUT2D eigenvalue weighted by Gasteiger charge is 2.37. The van der Waals surface area contributed by atoms with Gasteiger partial charge in [0.1, 0.15) is 0 Å². The summed E-state index contributed by atoms with van der Waals surface area (Å²) in [6, 6.07) is 24.3. The lowest BCUT2D eigenvalue weighted by Gasteiger charge is -2.37. The van der Waals surface area contributed by atoms with Crippen LogP contribution in [0.15, 0.2) is 72.8 Å². The smallest absolute Gasteiger partial charge is 0.0961 e. The Morgan fingerprint density at radius 1 is 0.760 bits per heavy atom. The van der Waals surface area contributed by atoms with Gasteiger partial charge in [-0.15, -0.1) is 0 Å². The molecule has 3 aromatic carbocycles. The maximum atomic E-state index is 6.78. The summed E-state index contributed by atoms with van der Waals surface area (Å²) in [5.41, 5.74) is 3.28. The van der Waals surface area contributed by atoms with Crippen molar-refractivity contribution >= 4 is 28.9 Å². The van der Waals surface area contributed by atoms with Gasteiger partial charge in [-0.1, -0.05) is 83.9 Å². The molecule has 0 aliphatic carbocycles.